The molecule has 1 saturated heterocycles. The highest BCUT2D eigenvalue weighted by Crippen LogP contribution is 2.47. The summed E-state index contributed by atoms with van der Waals surface area (Å²) in [5.74, 6) is -10.8. The van der Waals surface area contributed by atoms with Crippen molar-refractivity contribution >= 4 is 23.3 Å². The number of nitrogens with zero attached hydrogens (tertiary/aromatic N) is 1. The number of methoxy groups -OCH3 is 1. The summed E-state index contributed by atoms with van der Waals surface area (Å²) in [5.41, 5.74) is -3.83. The second-order valence-electron chi connectivity index (χ2n) is 9.41. The van der Waals surface area contributed by atoms with Gasteiger partial charge in [0.15, 0.2) is 24.6 Å². The number of benzene rings is 1. The van der Waals surface area contributed by atoms with Crippen molar-refractivity contribution in [3.63, 3.8) is 0 Å². The van der Waals surface area contributed by atoms with E-state index < -0.39 is 64.2 Å². The molecule has 1 aromatic carbocycles. The lowest BCUT2D eigenvalue weighted by Gasteiger charge is -2.40. The Bertz CT molecular complexity index is 1270. The highest BCUT2D eigenvalue weighted by atomic mass is 19.2. The van der Waals surface area contributed by atoms with E-state index in [4.69, 9.17) is 14.2 Å². The van der Waals surface area contributed by atoms with Gasteiger partial charge in [-0.2, -0.15) is 0 Å². The maximum Gasteiger partial charge on any atom is 0.341 e. The van der Waals surface area contributed by atoms with E-state index in [2.05, 4.69) is 21.9 Å². The van der Waals surface area contributed by atoms with E-state index in [9.17, 15) is 14.4 Å². The van der Waals surface area contributed by atoms with Gasteiger partial charge in [0.1, 0.15) is 17.0 Å². The maximum absolute atomic E-state index is 17.2. The molecule has 230 valence electrons. The van der Waals surface area contributed by atoms with Gasteiger partial charge in [0.2, 0.25) is 11.7 Å². The third kappa shape index (κ3) is 7.10. The number of para-hydroxylation sites is 2. The van der Waals surface area contributed by atoms with E-state index in [1.165, 1.54) is 45.2 Å². The fourth-order valence-corrected chi connectivity index (χ4v) is 4.56. The Morgan fingerprint density at radius 3 is 2.55 bits per heavy atom. The number of allylic oxidation sites excluding steroid dienone is 2. The first-order valence-corrected chi connectivity index (χ1v) is 13.1. The highest BCUT2D eigenvalue weighted by Gasteiger charge is 2.57. The predicted octanol–water partition coefficient (Wildman–Crippen LogP) is 3.42. The van der Waals surface area contributed by atoms with Crippen molar-refractivity contribution in [1.82, 2.24) is 10.2 Å². The maximum atomic E-state index is 17.2. The zero-order valence-electron chi connectivity index (χ0n) is 23.4. The fourth-order valence-electron chi connectivity index (χ4n) is 4.56. The molecule has 0 bridgehead atoms. The molecule has 42 heavy (non-hydrogen) atoms. The van der Waals surface area contributed by atoms with Crippen molar-refractivity contribution in [2.24, 2.45) is 0 Å². The molecule has 1 fully saturated rings. The first-order chi connectivity index (χ1) is 20.0. The monoisotopic (exact) mass is 599 g/mol. The molecule has 2 N–H and O–H groups in total. The molecular formula is C28H33F4N3O7. The Balaban J connectivity index is 2.06. The fraction of sp³-hybridized carbons (Fsp3) is 0.464. The molecule has 10 nitrogen and oxygen atoms in total. The molecule has 0 saturated carbocycles. The van der Waals surface area contributed by atoms with Crippen molar-refractivity contribution in [3.8, 4) is 5.75 Å². The summed E-state index contributed by atoms with van der Waals surface area (Å²) in [4.78, 5) is 37.7. The first-order valence-electron chi connectivity index (χ1n) is 13.1. The van der Waals surface area contributed by atoms with E-state index in [0.717, 1.165) is 4.90 Å². The topological polar surface area (TPSA) is 115 Å². The predicted molar refractivity (Wildman–Crippen MR) is 143 cm³/mol. The summed E-state index contributed by atoms with van der Waals surface area (Å²) in [6.07, 6.45) is -2.95. The van der Waals surface area contributed by atoms with Gasteiger partial charge in [-0.1, -0.05) is 18.7 Å². The normalized spacial score (nSPS) is 22.2. The number of esters is 1. The second kappa shape index (κ2) is 14.3. The molecule has 1 amide bonds. The van der Waals surface area contributed by atoms with Gasteiger partial charge in [-0.05, 0) is 25.5 Å². The van der Waals surface area contributed by atoms with Crippen LogP contribution in [0.2, 0.25) is 0 Å². The Morgan fingerprint density at radius 2 is 1.88 bits per heavy atom. The number of ketones is 1. The van der Waals surface area contributed by atoms with Crippen molar-refractivity contribution in [1.29, 1.82) is 0 Å². The smallest absolute Gasteiger partial charge is 0.341 e. The van der Waals surface area contributed by atoms with Crippen LogP contribution in [0.4, 0.5) is 23.2 Å². The number of nitrogens with one attached hydrogen (secondary N) is 2. The molecule has 1 aliphatic heterocycles. The van der Waals surface area contributed by atoms with E-state index in [1.54, 1.807) is 0 Å². The Morgan fingerprint density at radius 1 is 1.17 bits per heavy atom. The number of amides is 1. The number of carbonyl (C=O) groups excluding carboxylic acids is 3. The molecule has 1 heterocycles. The van der Waals surface area contributed by atoms with Crippen LogP contribution in [0, 0.1) is 0 Å². The number of likely N-dealkylation sites (tertiary alicyclic amines) is 1. The number of hydrogen-bond donors (Lipinski definition) is 2. The Kier molecular flexibility index (Phi) is 11.1. The summed E-state index contributed by atoms with van der Waals surface area (Å²) in [7, 11) is 1.48. The number of Topliss-reactive ketones (excluding diaryl/α,β-unsaturated/α-hetero) is 1. The minimum Gasteiger partial charge on any atom is -0.465 e. The third-order valence-corrected chi connectivity index (χ3v) is 6.47. The zero-order valence-corrected chi connectivity index (χ0v) is 23.4. The lowest BCUT2D eigenvalue weighted by atomic mass is 9.86. The van der Waals surface area contributed by atoms with Crippen LogP contribution < -0.4 is 15.4 Å². The first kappa shape index (κ1) is 32.6. The molecule has 1 aliphatic carbocycles. The number of ether oxygens (including phenoxy) is 4. The van der Waals surface area contributed by atoms with Gasteiger partial charge in [-0.3, -0.25) is 9.59 Å². The van der Waals surface area contributed by atoms with Crippen molar-refractivity contribution in [3.05, 3.63) is 59.3 Å². The summed E-state index contributed by atoms with van der Waals surface area (Å²) in [6, 6.07) is 5.11. The average Bonchev–Trinajstić information content (AvgIpc) is 3.39. The quantitative estimate of drug-likeness (QED) is 0.0485. The minimum atomic E-state index is -3.60. The minimum absolute atomic E-state index is 0.0321. The number of rotatable bonds is 14. The lowest BCUT2D eigenvalue weighted by Crippen LogP contribution is -2.54. The summed E-state index contributed by atoms with van der Waals surface area (Å²) < 4.78 is 85.0. The van der Waals surface area contributed by atoms with E-state index in [0.29, 0.717) is 0 Å². The molecular weight excluding hydrogens is 566 g/mol. The van der Waals surface area contributed by atoms with Gasteiger partial charge >= 0.3 is 5.97 Å². The number of carbonyl (C=O) groups is 3. The Hall–Kier alpha value is -3.91. The van der Waals surface area contributed by atoms with Crippen LogP contribution in [0.1, 0.15) is 20.3 Å². The van der Waals surface area contributed by atoms with Crippen LogP contribution in [0.15, 0.2) is 59.3 Å². The molecule has 1 aromatic rings. The largest absolute Gasteiger partial charge is 0.465 e. The van der Waals surface area contributed by atoms with Crippen LogP contribution >= 0.6 is 0 Å². The van der Waals surface area contributed by atoms with Crippen LogP contribution in [-0.4, -0.2) is 87.4 Å². The summed E-state index contributed by atoms with van der Waals surface area (Å²) in [6.45, 7) is 5.59. The Labute approximate surface area is 240 Å². The highest BCUT2D eigenvalue weighted by molar-refractivity contribution is 6.24. The molecule has 2 aliphatic rings. The SMILES string of the molecule is C=C(C(=O)OCC)C(=O)C1=C(F)C(F)=C(N2CCC(NC(C)=O)C2)C(F)(Nc2ccccc2OCOCCOC)C1F. The summed E-state index contributed by atoms with van der Waals surface area (Å²) >= 11 is 0. The van der Waals surface area contributed by atoms with Crippen molar-refractivity contribution < 1.29 is 50.9 Å². The van der Waals surface area contributed by atoms with E-state index >= 15 is 17.6 Å². The zero-order chi connectivity index (χ0) is 31.0. The standard InChI is InChI=1S/C28H33F4N3O7/c1-5-41-27(38)16(2)24(37)21-22(29)23(30)26(35-11-10-18(14-35)33-17(3)36)28(32,25(21)31)34-19-8-6-7-9-20(19)42-15-40-13-12-39-4/h6-9,18,25,34H,2,5,10-15H2,1,3-4H3,(H,33,36). The van der Waals surface area contributed by atoms with E-state index in [1.807, 2.05) is 0 Å². The molecule has 3 rings (SSSR count). The number of anilines is 1. The average molecular weight is 600 g/mol. The van der Waals surface area contributed by atoms with Gasteiger partial charge in [0, 0.05) is 33.2 Å². The van der Waals surface area contributed by atoms with Crippen LogP contribution in [0.25, 0.3) is 0 Å². The number of halogens is 4. The lowest BCUT2D eigenvalue weighted by molar-refractivity contribution is -0.139. The third-order valence-electron chi connectivity index (χ3n) is 6.47. The molecule has 0 aromatic heterocycles. The van der Waals surface area contributed by atoms with Gasteiger partial charge < -0.3 is 34.5 Å². The molecule has 3 atom stereocenters. The van der Waals surface area contributed by atoms with E-state index in [-0.39, 0.29) is 57.6 Å². The van der Waals surface area contributed by atoms with Gasteiger partial charge in [-0.15, -0.1) is 0 Å². The van der Waals surface area contributed by atoms with Crippen molar-refractivity contribution in [2.75, 3.05) is 52.1 Å². The van der Waals surface area contributed by atoms with Gasteiger partial charge in [0.05, 0.1) is 31.1 Å². The molecule has 3 unspecified atom stereocenters. The van der Waals surface area contributed by atoms with Gasteiger partial charge in [0.25, 0.3) is 5.79 Å². The second-order valence-corrected chi connectivity index (χ2v) is 9.41. The summed E-state index contributed by atoms with van der Waals surface area (Å²) in [5, 5.41) is 4.88. The number of alkyl halides is 2. The van der Waals surface area contributed by atoms with Crippen LogP contribution in [0.5, 0.6) is 5.75 Å². The number of hydrogen-bond acceptors (Lipinski definition) is 9. The molecule has 14 heteroatoms. The molecule has 0 spiro atoms. The molecule has 0 radical (unpaired) electrons. The van der Waals surface area contributed by atoms with Gasteiger partial charge in [-0.25, -0.2) is 22.4 Å². The van der Waals surface area contributed by atoms with Crippen LogP contribution in [0.3, 0.4) is 0 Å². The van der Waals surface area contributed by atoms with Crippen molar-refractivity contribution in [2.45, 2.75) is 38.3 Å². The van der Waals surface area contributed by atoms with Crippen LogP contribution in [-0.2, 0) is 28.6 Å².